The second kappa shape index (κ2) is 12.0. The van der Waals surface area contributed by atoms with Crippen molar-refractivity contribution in [2.75, 3.05) is 38.6 Å². The summed E-state index contributed by atoms with van der Waals surface area (Å²) in [5, 5.41) is 6.79. The zero-order valence-electron chi connectivity index (χ0n) is 14.8. The third-order valence-corrected chi connectivity index (χ3v) is 5.49. The Labute approximate surface area is 167 Å². The molecule has 0 radical (unpaired) electrons. The molecule has 0 bridgehead atoms. The molecule has 0 spiro atoms. The van der Waals surface area contributed by atoms with Crippen LogP contribution in [0.25, 0.3) is 0 Å². The molecule has 2 heterocycles. The number of halogens is 1. The second-order valence-electron chi connectivity index (χ2n) is 5.77. The predicted octanol–water partition coefficient (Wildman–Crippen LogP) is 2.96. The van der Waals surface area contributed by atoms with Gasteiger partial charge in [-0.1, -0.05) is 6.92 Å². The van der Waals surface area contributed by atoms with E-state index in [1.165, 1.54) is 0 Å². The van der Waals surface area contributed by atoms with Crippen molar-refractivity contribution in [1.82, 2.24) is 15.2 Å². The molecule has 138 valence electrons. The van der Waals surface area contributed by atoms with Crippen LogP contribution >= 0.6 is 35.7 Å². The molecule has 0 unspecified atom stereocenters. The van der Waals surface area contributed by atoms with E-state index in [1.54, 1.807) is 0 Å². The molecule has 0 amide bonds. The highest BCUT2D eigenvalue weighted by molar-refractivity contribution is 14.0. The van der Waals surface area contributed by atoms with E-state index in [9.17, 15) is 0 Å². The summed E-state index contributed by atoms with van der Waals surface area (Å²) in [5.41, 5.74) is 0. The second-order valence-corrected chi connectivity index (χ2v) is 7.50. The third-order valence-electron chi connectivity index (χ3n) is 4.05. The van der Waals surface area contributed by atoms with E-state index in [-0.39, 0.29) is 28.7 Å². The minimum atomic E-state index is 0. The molecule has 7 heteroatoms. The molecule has 0 atom stereocenters. The Balaban J connectivity index is 0.00000288. The largest absolute Gasteiger partial charge is 0.381 e. The van der Waals surface area contributed by atoms with Gasteiger partial charge in [0, 0.05) is 50.0 Å². The minimum absolute atomic E-state index is 0. The van der Waals surface area contributed by atoms with Gasteiger partial charge in [0.2, 0.25) is 0 Å². The smallest absolute Gasteiger partial charge is 0.191 e. The first-order chi connectivity index (χ1) is 11.3. The molecule has 2 rings (SSSR count). The molecule has 1 aromatic heterocycles. The maximum absolute atomic E-state index is 5.54. The lowest BCUT2D eigenvalue weighted by Crippen LogP contribution is -2.42. The first-order valence-corrected chi connectivity index (χ1v) is 9.61. The highest BCUT2D eigenvalue weighted by atomic mass is 127. The first kappa shape index (κ1) is 21.6. The normalized spacial score (nSPS) is 17.2. The predicted molar refractivity (Wildman–Crippen MR) is 115 cm³/mol. The highest BCUT2D eigenvalue weighted by Gasteiger charge is 2.32. The Kier molecular flexibility index (Phi) is 10.8. The summed E-state index contributed by atoms with van der Waals surface area (Å²) < 4.78 is 7.95. The summed E-state index contributed by atoms with van der Waals surface area (Å²) >= 11 is 2.03. The summed E-state index contributed by atoms with van der Waals surface area (Å²) in [6.07, 6.45) is 6.36. The average Bonchev–Trinajstić information content (AvgIpc) is 3.07. The van der Waals surface area contributed by atoms with Crippen LogP contribution < -0.4 is 10.6 Å². The first-order valence-electron chi connectivity index (χ1n) is 8.62. The lowest BCUT2D eigenvalue weighted by atomic mass is 9.99. The number of hydrogen-bond donors (Lipinski definition) is 2. The summed E-state index contributed by atoms with van der Waals surface area (Å²) in [6, 6.07) is 4.10. The standard InChI is InChI=1S/C17H30N4OS.HI/c1-3-18-16(19-9-12-21-10-5-6-11-21)20-15-17(23-4-2)7-13-22-14-8-17;/h5-6,10-11H,3-4,7-9,12-15H2,1-2H3,(H2,18,19,20);1H. The number of aliphatic imine (C=N–C) groups is 1. The van der Waals surface area contributed by atoms with E-state index in [4.69, 9.17) is 9.73 Å². The number of nitrogens with zero attached hydrogens (tertiary/aromatic N) is 2. The molecular formula is C17H31IN4OS. The van der Waals surface area contributed by atoms with Crippen LogP contribution in [-0.4, -0.2) is 53.9 Å². The molecule has 24 heavy (non-hydrogen) atoms. The van der Waals surface area contributed by atoms with Crippen LogP contribution in [0.15, 0.2) is 29.5 Å². The fourth-order valence-electron chi connectivity index (χ4n) is 2.79. The number of ether oxygens (including phenoxy) is 1. The van der Waals surface area contributed by atoms with Gasteiger partial charge in [0.05, 0.1) is 6.54 Å². The van der Waals surface area contributed by atoms with Crippen molar-refractivity contribution in [3.8, 4) is 0 Å². The van der Waals surface area contributed by atoms with Gasteiger partial charge in [-0.05, 0) is 37.7 Å². The van der Waals surface area contributed by atoms with Crippen molar-refractivity contribution in [2.24, 2.45) is 4.99 Å². The van der Waals surface area contributed by atoms with Gasteiger partial charge in [0.1, 0.15) is 0 Å². The van der Waals surface area contributed by atoms with Crippen molar-refractivity contribution in [3.63, 3.8) is 0 Å². The number of thioether (sulfide) groups is 1. The van der Waals surface area contributed by atoms with E-state index in [1.807, 2.05) is 11.8 Å². The molecule has 5 nitrogen and oxygen atoms in total. The quantitative estimate of drug-likeness (QED) is 0.352. The number of guanidine groups is 1. The molecule has 0 aromatic carbocycles. The molecule has 1 saturated heterocycles. The van der Waals surface area contributed by atoms with Gasteiger partial charge in [-0.3, -0.25) is 4.99 Å². The Morgan fingerprint density at radius 3 is 2.54 bits per heavy atom. The SMILES string of the molecule is CCNC(=NCC1(SCC)CCOCC1)NCCn1cccc1.I. The molecule has 1 aliphatic heterocycles. The number of hydrogen-bond acceptors (Lipinski definition) is 3. The van der Waals surface area contributed by atoms with Crippen LogP contribution in [0.2, 0.25) is 0 Å². The van der Waals surface area contributed by atoms with Crippen molar-refractivity contribution in [2.45, 2.75) is 38.0 Å². The van der Waals surface area contributed by atoms with Crippen LogP contribution in [0.5, 0.6) is 0 Å². The maximum atomic E-state index is 5.54. The van der Waals surface area contributed by atoms with Crippen LogP contribution in [-0.2, 0) is 11.3 Å². The van der Waals surface area contributed by atoms with E-state index in [2.05, 4.69) is 53.6 Å². The van der Waals surface area contributed by atoms with E-state index in [0.29, 0.717) is 0 Å². The molecule has 1 aliphatic rings. The van der Waals surface area contributed by atoms with Gasteiger partial charge >= 0.3 is 0 Å². The van der Waals surface area contributed by atoms with Gasteiger partial charge in [-0.25, -0.2) is 0 Å². The third kappa shape index (κ3) is 7.23. The van der Waals surface area contributed by atoms with Gasteiger partial charge < -0.3 is 19.9 Å². The summed E-state index contributed by atoms with van der Waals surface area (Å²) in [5.74, 6) is 2.05. The Bertz CT molecular complexity index is 456. The van der Waals surface area contributed by atoms with Crippen molar-refractivity contribution < 1.29 is 4.74 Å². The van der Waals surface area contributed by atoms with Crippen LogP contribution in [0.4, 0.5) is 0 Å². The maximum Gasteiger partial charge on any atom is 0.191 e. The molecule has 2 N–H and O–H groups in total. The molecule has 1 fully saturated rings. The highest BCUT2D eigenvalue weighted by Crippen LogP contribution is 2.35. The molecular weight excluding hydrogens is 435 g/mol. The summed E-state index contributed by atoms with van der Waals surface area (Å²) in [7, 11) is 0. The van der Waals surface area contributed by atoms with Crippen molar-refractivity contribution >= 4 is 41.7 Å². The Morgan fingerprint density at radius 1 is 1.21 bits per heavy atom. The number of aromatic nitrogens is 1. The minimum Gasteiger partial charge on any atom is -0.381 e. The van der Waals surface area contributed by atoms with Gasteiger partial charge in [-0.15, -0.1) is 24.0 Å². The molecule has 0 saturated carbocycles. The fourth-order valence-corrected chi connectivity index (χ4v) is 4.01. The van der Waals surface area contributed by atoms with Gasteiger partial charge in [0.25, 0.3) is 0 Å². The summed E-state index contributed by atoms with van der Waals surface area (Å²) in [6.45, 7) is 9.61. The topological polar surface area (TPSA) is 50.6 Å². The lowest BCUT2D eigenvalue weighted by Gasteiger charge is -2.35. The van der Waals surface area contributed by atoms with Gasteiger partial charge in [0.15, 0.2) is 5.96 Å². The van der Waals surface area contributed by atoms with E-state index < -0.39 is 0 Å². The lowest BCUT2D eigenvalue weighted by molar-refractivity contribution is 0.0793. The zero-order valence-corrected chi connectivity index (χ0v) is 17.9. The van der Waals surface area contributed by atoms with Gasteiger partial charge in [-0.2, -0.15) is 11.8 Å². The van der Waals surface area contributed by atoms with Crippen LogP contribution in [0.1, 0.15) is 26.7 Å². The van der Waals surface area contributed by atoms with Crippen molar-refractivity contribution in [1.29, 1.82) is 0 Å². The molecule has 0 aliphatic carbocycles. The van der Waals surface area contributed by atoms with Crippen molar-refractivity contribution in [3.05, 3.63) is 24.5 Å². The Hall–Kier alpha value is -0.410. The molecule has 1 aromatic rings. The average molecular weight is 466 g/mol. The fraction of sp³-hybridized carbons (Fsp3) is 0.706. The van der Waals surface area contributed by atoms with E-state index >= 15 is 0 Å². The summed E-state index contributed by atoms with van der Waals surface area (Å²) in [4.78, 5) is 4.86. The van der Waals surface area contributed by atoms with Crippen LogP contribution in [0, 0.1) is 0 Å². The number of nitrogens with one attached hydrogen (secondary N) is 2. The van der Waals surface area contributed by atoms with E-state index in [0.717, 1.165) is 63.9 Å². The zero-order chi connectivity index (χ0) is 16.4. The Morgan fingerprint density at radius 2 is 1.92 bits per heavy atom. The number of rotatable bonds is 8. The van der Waals surface area contributed by atoms with Crippen LogP contribution in [0.3, 0.4) is 0 Å². The monoisotopic (exact) mass is 466 g/mol.